The van der Waals surface area contributed by atoms with Crippen molar-refractivity contribution in [2.24, 2.45) is 5.92 Å². The van der Waals surface area contributed by atoms with Crippen molar-refractivity contribution in [1.29, 1.82) is 0 Å². The minimum atomic E-state index is -0.295. The maximum atomic E-state index is 13.3. The van der Waals surface area contributed by atoms with Crippen LogP contribution in [0, 0.1) is 11.7 Å². The van der Waals surface area contributed by atoms with Crippen LogP contribution < -0.4 is 5.32 Å². The summed E-state index contributed by atoms with van der Waals surface area (Å²) in [5.41, 5.74) is 0.775. The van der Waals surface area contributed by atoms with Crippen molar-refractivity contribution in [3.8, 4) is 0 Å². The van der Waals surface area contributed by atoms with Crippen molar-refractivity contribution in [1.82, 2.24) is 20.0 Å². The molecule has 7 heteroatoms. The molecule has 0 radical (unpaired) electrons. The Morgan fingerprint density at radius 1 is 1.14 bits per heavy atom. The lowest BCUT2D eigenvalue weighted by atomic mass is 9.92. The van der Waals surface area contributed by atoms with Crippen LogP contribution in [0.1, 0.15) is 39.2 Å². The summed E-state index contributed by atoms with van der Waals surface area (Å²) in [4.78, 5) is 31.2. The van der Waals surface area contributed by atoms with E-state index in [9.17, 15) is 14.0 Å². The maximum Gasteiger partial charge on any atom is 0.317 e. The van der Waals surface area contributed by atoms with Crippen LogP contribution in [-0.4, -0.2) is 71.4 Å². The molecule has 2 aliphatic heterocycles. The van der Waals surface area contributed by atoms with Gasteiger partial charge in [-0.1, -0.05) is 32.9 Å². The lowest BCUT2D eigenvalue weighted by molar-refractivity contribution is -0.134. The normalized spacial score (nSPS) is 22.9. The Morgan fingerprint density at radius 3 is 2.48 bits per heavy atom. The quantitative estimate of drug-likeness (QED) is 0.821. The molecule has 0 aliphatic carbocycles. The van der Waals surface area contributed by atoms with Crippen LogP contribution in [0.3, 0.4) is 0 Å². The van der Waals surface area contributed by atoms with Gasteiger partial charge in [-0.2, -0.15) is 0 Å². The van der Waals surface area contributed by atoms with E-state index in [0.717, 1.165) is 44.6 Å². The third kappa shape index (κ3) is 4.89. The zero-order valence-corrected chi connectivity index (χ0v) is 17.8. The first-order valence-electron chi connectivity index (χ1n) is 10.7. The van der Waals surface area contributed by atoms with Gasteiger partial charge in [0, 0.05) is 57.3 Å². The molecule has 1 aromatic rings. The summed E-state index contributed by atoms with van der Waals surface area (Å²) in [5, 5.41) is 2.89. The molecule has 1 unspecified atom stereocenters. The molecule has 0 spiro atoms. The minimum absolute atomic E-state index is 0.0225. The zero-order chi connectivity index (χ0) is 21.0. The van der Waals surface area contributed by atoms with Gasteiger partial charge in [0.15, 0.2) is 0 Å². The number of halogens is 1. The third-order valence-electron chi connectivity index (χ3n) is 6.37. The van der Waals surface area contributed by atoms with Gasteiger partial charge in [0.1, 0.15) is 5.82 Å². The Balaban J connectivity index is 1.51. The van der Waals surface area contributed by atoms with E-state index in [2.05, 4.69) is 17.1 Å². The number of nitrogens with one attached hydrogen (secondary N) is 1. The van der Waals surface area contributed by atoms with Gasteiger partial charge in [-0.3, -0.25) is 9.69 Å². The van der Waals surface area contributed by atoms with Crippen molar-refractivity contribution in [2.45, 2.75) is 45.7 Å². The van der Waals surface area contributed by atoms with Gasteiger partial charge in [-0.25, -0.2) is 9.18 Å². The van der Waals surface area contributed by atoms with Gasteiger partial charge in [0.05, 0.1) is 0 Å². The standard InChI is InChI=1S/C22H33FN4O2/c1-4-22(8-9-26(16-22)20(28)17(2)3)27-12-10-25(11-13-27)21(29)24-15-18-6-5-7-19(23)14-18/h5-7,14,17H,4,8-13,15-16H2,1-3H3,(H,24,29). The molecule has 1 atom stereocenters. The molecular formula is C22H33FN4O2. The fourth-order valence-electron chi connectivity index (χ4n) is 4.50. The third-order valence-corrected chi connectivity index (χ3v) is 6.37. The Morgan fingerprint density at radius 2 is 1.86 bits per heavy atom. The molecule has 2 fully saturated rings. The second kappa shape index (κ2) is 9.11. The number of nitrogens with zero attached hydrogens (tertiary/aromatic N) is 3. The number of urea groups is 1. The number of likely N-dealkylation sites (tertiary alicyclic amines) is 1. The van der Waals surface area contributed by atoms with Crippen LogP contribution in [0.2, 0.25) is 0 Å². The first-order valence-corrected chi connectivity index (χ1v) is 10.7. The number of piperazine rings is 1. The van der Waals surface area contributed by atoms with E-state index in [1.807, 2.05) is 23.6 Å². The summed E-state index contributed by atoms with van der Waals surface area (Å²) >= 11 is 0. The highest BCUT2D eigenvalue weighted by molar-refractivity contribution is 5.78. The van der Waals surface area contributed by atoms with Gasteiger partial charge in [0.2, 0.25) is 5.91 Å². The molecule has 3 amide bonds. The first-order chi connectivity index (χ1) is 13.8. The maximum absolute atomic E-state index is 13.3. The Kier molecular flexibility index (Phi) is 6.77. The summed E-state index contributed by atoms with van der Waals surface area (Å²) in [5.74, 6) is -0.0336. The second-order valence-corrected chi connectivity index (χ2v) is 8.51. The number of benzene rings is 1. The van der Waals surface area contributed by atoms with Gasteiger partial charge in [-0.05, 0) is 30.5 Å². The lowest BCUT2D eigenvalue weighted by Crippen LogP contribution is -2.60. The Labute approximate surface area is 173 Å². The number of hydrogen-bond donors (Lipinski definition) is 1. The van der Waals surface area contributed by atoms with Crippen LogP contribution in [0.4, 0.5) is 9.18 Å². The van der Waals surface area contributed by atoms with Crippen molar-refractivity contribution >= 4 is 11.9 Å². The van der Waals surface area contributed by atoms with E-state index in [1.165, 1.54) is 12.1 Å². The van der Waals surface area contributed by atoms with Crippen LogP contribution in [0.5, 0.6) is 0 Å². The van der Waals surface area contributed by atoms with E-state index in [4.69, 9.17) is 0 Å². The molecule has 0 bridgehead atoms. The van der Waals surface area contributed by atoms with Gasteiger partial charge in [0.25, 0.3) is 0 Å². The number of hydrogen-bond acceptors (Lipinski definition) is 3. The minimum Gasteiger partial charge on any atom is -0.341 e. The molecule has 160 valence electrons. The predicted octanol–water partition coefficient (Wildman–Crippen LogP) is 2.69. The summed E-state index contributed by atoms with van der Waals surface area (Å²) in [6.07, 6.45) is 1.99. The largest absolute Gasteiger partial charge is 0.341 e. The van der Waals surface area contributed by atoms with Gasteiger partial charge in [-0.15, -0.1) is 0 Å². The highest BCUT2D eigenvalue weighted by Gasteiger charge is 2.44. The fourth-order valence-corrected chi connectivity index (χ4v) is 4.50. The first kappa shape index (κ1) is 21.6. The highest BCUT2D eigenvalue weighted by atomic mass is 19.1. The van der Waals surface area contributed by atoms with Crippen molar-refractivity contribution in [3.63, 3.8) is 0 Å². The molecule has 0 saturated carbocycles. The Hall–Kier alpha value is -2.15. The topological polar surface area (TPSA) is 55.9 Å². The van der Waals surface area contributed by atoms with Crippen LogP contribution >= 0.6 is 0 Å². The van der Waals surface area contributed by atoms with Crippen molar-refractivity contribution in [3.05, 3.63) is 35.6 Å². The Bertz CT molecular complexity index is 733. The van der Waals surface area contributed by atoms with E-state index in [1.54, 1.807) is 12.1 Å². The van der Waals surface area contributed by atoms with E-state index in [0.29, 0.717) is 19.6 Å². The average Bonchev–Trinajstić information content (AvgIpc) is 3.17. The second-order valence-electron chi connectivity index (χ2n) is 8.51. The van der Waals surface area contributed by atoms with Crippen molar-refractivity contribution in [2.75, 3.05) is 39.3 Å². The van der Waals surface area contributed by atoms with E-state index in [-0.39, 0.29) is 29.2 Å². The summed E-state index contributed by atoms with van der Waals surface area (Å²) < 4.78 is 13.3. The van der Waals surface area contributed by atoms with Gasteiger partial charge < -0.3 is 15.1 Å². The molecular weight excluding hydrogens is 371 g/mol. The van der Waals surface area contributed by atoms with E-state index >= 15 is 0 Å². The summed E-state index contributed by atoms with van der Waals surface area (Å²) in [7, 11) is 0. The molecule has 1 aromatic carbocycles. The zero-order valence-electron chi connectivity index (χ0n) is 17.8. The fraction of sp³-hybridized carbons (Fsp3) is 0.636. The summed E-state index contributed by atoms with van der Waals surface area (Å²) in [6.45, 7) is 11.0. The SMILES string of the molecule is CCC1(N2CCN(C(=O)NCc3cccc(F)c3)CC2)CCN(C(=O)C(C)C)C1. The molecule has 6 nitrogen and oxygen atoms in total. The molecule has 1 N–H and O–H groups in total. The van der Waals surface area contributed by atoms with Crippen molar-refractivity contribution < 1.29 is 14.0 Å². The molecule has 0 aromatic heterocycles. The van der Waals surface area contributed by atoms with Crippen LogP contribution in [0.25, 0.3) is 0 Å². The number of rotatable bonds is 5. The number of amides is 3. The molecule has 2 aliphatic rings. The van der Waals surface area contributed by atoms with Crippen LogP contribution in [-0.2, 0) is 11.3 Å². The van der Waals surface area contributed by atoms with E-state index < -0.39 is 0 Å². The summed E-state index contributed by atoms with van der Waals surface area (Å²) in [6, 6.07) is 6.17. The smallest absolute Gasteiger partial charge is 0.317 e. The highest BCUT2D eigenvalue weighted by Crippen LogP contribution is 2.33. The lowest BCUT2D eigenvalue weighted by Gasteiger charge is -2.45. The number of carbonyl (C=O) groups is 2. The molecule has 2 heterocycles. The van der Waals surface area contributed by atoms with Gasteiger partial charge >= 0.3 is 6.03 Å². The average molecular weight is 405 g/mol. The molecule has 3 rings (SSSR count). The van der Waals surface area contributed by atoms with Crippen LogP contribution in [0.15, 0.2) is 24.3 Å². The molecule has 29 heavy (non-hydrogen) atoms. The number of carbonyl (C=O) groups excluding carboxylic acids is 2. The monoisotopic (exact) mass is 404 g/mol. The molecule has 2 saturated heterocycles. The predicted molar refractivity (Wildman–Crippen MR) is 111 cm³/mol.